The highest BCUT2D eigenvalue weighted by atomic mass is 19.4. The summed E-state index contributed by atoms with van der Waals surface area (Å²) in [5, 5.41) is 0. The Kier molecular flexibility index (Phi) is 3.21. The third-order valence-electron chi connectivity index (χ3n) is 2.28. The predicted molar refractivity (Wildman–Crippen MR) is 52.4 cm³/mol. The highest BCUT2D eigenvalue weighted by Gasteiger charge is 2.33. The van der Waals surface area contributed by atoms with Crippen LogP contribution in [-0.2, 0) is 6.18 Å². The quantitative estimate of drug-likeness (QED) is 0.827. The summed E-state index contributed by atoms with van der Waals surface area (Å²) in [6.45, 7) is 3.71. The summed E-state index contributed by atoms with van der Waals surface area (Å²) in [7, 11) is 0. The van der Waals surface area contributed by atoms with Gasteiger partial charge < -0.3 is 5.73 Å². The van der Waals surface area contributed by atoms with Crippen LogP contribution in [0.3, 0.4) is 0 Å². The zero-order valence-corrected chi connectivity index (χ0v) is 8.60. The molecule has 0 amide bonds. The van der Waals surface area contributed by atoms with Crippen LogP contribution in [-0.4, -0.2) is 4.98 Å². The molecule has 0 aliphatic heterocycles. The van der Waals surface area contributed by atoms with Crippen LogP contribution in [0, 0.1) is 0 Å². The Balaban J connectivity index is 3.17. The van der Waals surface area contributed by atoms with E-state index in [1.54, 1.807) is 0 Å². The molecule has 15 heavy (non-hydrogen) atoms. The average molecular weight is 218 g/mol. The monoisotopic (exact) mass is 218 g/mol. The number of nitrogens with two attached hydrogens (primary N) is 1. The molecule has 0 aliphatic carbocycles. The SMILES string of the molecule is CCC(C)c1cc(N)cc(C(F)(F)F)n1. The number of pyridine rings is 1. The van der Waals surface area contributed by atoms with Crippen molar-refractivity contribution in [2.24, 2.45) is 0 Å². The molecule has 1 atom stereocenters. The molecule has 0 saturated carbocycles. The van der Waals surface area contributed by atoms with Crippen molar-refractivity contribution in [2.45, 2.75) is 32.4 Å². The summed E-state index contributed by atoms with van der Waals surface area (Å²) in [5.74, 6) is -0.0189. The van der Waals surface area contributed by atoms with Crippen molar-refractivity contribution in [3.05, 3.63) is 23.5 Å². The van der Waals surface area contributed by atoms with Crippen molar-refractivity contribution in [2.75, 3.05) is 5.73 Å². The second-order valence-electron chi connectivity index (χ2n) is 3.52. The van der Waals surface area contributed by atoms with Gasteiger partial charge in [0, 0.05) is 11.4 Å². The molecule has 0 spiro atoms. The molecule has 0 radical (unpaired) electrons. The first-order valence-corrected chi connectivity index (χ1v) is 4.69. The lowest BCUT2D eigenvalue weighted by Gasteiger charge is -2.12. The lowest BCUT2D eigenvalue weighted by atomic mass is 10.0. The van der Waals surface area contributed by atoms with Gasteiger partial charge >= 0.3 is 6.18 Å². The van der Waals surface area contributed by atoms with E-state index in [9.17, 15) is 13.2 Å². The maximum absolute atomic E-state index is 12.4. The summed E-state index contributed by atoms with van der Waals surface area (Å²) < 4.78 is 37.2. The van der Waals surface area contributed by atoms with E-state index in [4.69, 9.17) is 5.73 Å². The van der Waals surface area contributed by atoms with Crippen LogP contribution < -0.4 is 5.73 Å². The van der Waals surface area contributed by atoms with Gasteiger partial charge in [-0.1, -0.05) is 13.8 Å². The van der Waals surface area contributed by atoms with Gasteiger partial charge in [-0.15, -0.1) is 0 Å². The van der Waals surface area contributed by atoms with E-state index in [0.29, 0.717) is 5.69 Å². The van der Waals surface area contributed by atoms with Crippen molar-refractivity contribution < 1.29 is 13.2 Å². The van der Waals surface area contributed by atoms with Gasteiger partial charge in [-0.25, -0.2) is 4.98 Å². The van der Waals surface area contributed by atoms with Gasteiger partial charge in [0.15, 0.2) is 0 Å². The van der Waals surface area contributed by atoms with E-state index >= 15 is 0 Å². The summed E-state index contributed by atoms with van der Waals surface area (Å²) in [4.78, 5) is 3.57. The van der Waals surface area contributed by atoms with Gasteiger partial charge in [0.05, 0.1) is 0 Å². The second kappa shape index (κ2) is 4.08. The van der Waals surface area contributed by atoms with Crippen molar-refractivity contribution in [3.8, 4) is 0 Å². The zero-order valence-electron chi connectivity index (χ0n) is 8.60. The number of rotatable bonds is 2. The summed E-state index contributed by atoms with van der Waals surface area (Å²) in [6.07, 6.45) is -3.70. The molecule has 0 saturated heterocycles. The van der Waals surface area contributed by atoms with E-state index in [1.807, 2.05) is 13.8 Å². The van der Waals surface area contributed by atoms with Crippen LogP contribution in [0.15, 0.2) is 12.1 Å². The fourth-order valence-corrected chi connectivity index (χ4v) is 1.18. The number of halogens is 3. The maximum Gasteiger partial charge on any atom is 0.433 e. The molecule has 0 fully saturated rings. The van der Waals surface area contributed by atoms with Crippen LogP contribution in [0.5, 0.6) is 0 Å². The second-order valence-corrected chi connectivity index (χ2v) is 3.52. The number of alkyl halides is 3. The largest absolute Gasteiger partial charge is 0.433 e. The molecule has 1 unspecified atom stereocenters. The minimum absolute atomic E-state index is 0.0189. The van der Waals surface area contributed by atoms with Crippen LogP contribution in [0.4, 0.5) is 18.9 Å². The van der Waals surface area contributed by atoms with E-state index < -0.39 is 11.9 Å². The zero-order chi connectivity index (χ0) is 11.6. The molecule has 0 aromatic carbocycles. The minimum atomic E-state index is -4.43. The van der Waals surface area contributed by atoms with Crippen LogP contribution >= 0.6 is 0 Å². The molecular weight excluding hydrogens is 205 g/mol. The third-order valence-corrected chi connectivity index (χ3v) is 2.28. The van der Waals surface area contributed by atoms with Gasteiger partial charge in [0.1, 0.15) is 5.69 Å². The molecule has 1 rings (SSSR count). The standard InChI is InChI=1S/C10H13F3N2/c1-3-6(2)8-4-7(14)5-9(15-8)10(11,12)13/h4-6H,3H2,1-2H3,(H2,14,15). The first-order chi connectivity index (χ1) is 6.84. The maximum atomic E-state index is 12.4. The Morgan fingerprint density at radius 1 is 1.40 bits per heavy atom. The Labute approximate surface area is 86.3 Å². The summed E-state index contributed by atoms with van der Waals surface area (Å²) >= 11 is 0. The van der Waals surface area contributed by atoms with Gasteiger partial charge in [-0.2, -0.15) is 13.2 Å². The molecule has 0 aliphatic rings. The van der Waals surface area contributed by atoms with E-state index in [0.717, 1.165) is 12.5 Å². The molecule has 1 heterocycles. The van der Waals surface area contributed by atoms with Crippen LogP contribution in [0.1, 0.15) is 37.6 Å². The molecule has 84 valence electrons. The Hall–Kier alpha value is -1.26. The van der Waals surface area contributed by atoms with E-state index in [-0.39, 0.29) is 11.6 Å². The number of nitrogen functional groups attached to an aromatic ring is 1. The Morgan fingerprint density at radius 3 is 2.47 bits per heavy atom. The highest BCUT2D eigenvalue weighted by Crippen LogP contribution is 2.30. The van der Waals surface area contributed by atoms with Gasteiger partial charge in [0.25, 0.3) is 0 Å². The molecule has 5 heteroatoms. The Bertz CT molecular complexity index is 347. The number of hydrogen-bond acceptors (Lipinski definition) is 2. The normalized spacial score (nSPS) is 13.9. The van der Waals surface area contributed by atoms with E-state index in [1.165, 1.54) is 6.07 Å². The van der Waals surface area contributed by atoms with Crippen LogP contribution in [0.25, 0.3) is 0 Å². The topological polar surface area (TPSA) is 38.9 Å². The fraction of sp³-hybridized carbons (Fsp3) is 0.500. The lowest BCUT2D eigenvalue weighted by molar-refractivity contribution is -0.141. The van der Waals surface area contributed by atoms with Crippen molar-refractivity contribution >= 4 is 5.69 Å². The van der Waals surface area contributed by atoms with Gasteiger partial charge in [-0.05, 0) is 24.5 Å². The molecule has 0 bridgehead atoms. The molecule has 2 N–H and O–H groups in total. The number of aromatic nitrogens is 1. The predicted octanol–water partition coefficient (Wildman–Crippen LogP) is 3.20. The van der Waals surface area contributed by atoms with Crippen LogP contribution in [0.2, 0.25) is 0 Å². The highest BCUT2D eigenvalue weighted by molar-refractivity contribution is 5.41. The first kappa shape index (κ1) is 11.8. The summed E-state index contributed by atoms with van der Waals surface area (Å²) in [6, 6.07) is 2.34. The molecular formula is C10H13F3N2. The minimum Gasteiger partial charge on any atom is -0.399 e. The molecule has 2 nitrogen and oxygen atoms in total. The fourth-order valence-electron chi connectivity index (χ4n) is 1.18. The molecule has 1 aromatic heterocycles. The average Bonchev–Trinajstić information content (AvgIpc) is 2.14. The Morgan fingerprint density at radius 2 is 2.00 bits per heavy atom. The third kappa shape index (κ3) is 2.84. The van der Waals surface area contributed by atoms with Crippen molar-refractivity contribution in [1.82, 2.24) is 4.98 Å². The van der Waals surface area contributed by atoms with Crippen molar-refractivity contribution in [1.29, 1.82) is 0 Å². The summed E-state index contributed by atoms with van der Waals surface area (Å²) in [5.41, 5.74) is 4.99. The van der Waals surface area contributed by atoms with Crippen molar-refractivity contribution in [3.63, 3.8) is 0 Å². The smallest absolute Gasteiger partial charge is 0.399 e. The van der Waals surface area contributed by atoms with Gasteiger partial charge in [-0.3, -0.25) is 0 Å². The molecule has 1 aromatic rings. The van der Waals surface area contributed by atoms with E-state index in [2.05, 4.69) is 4.98 Å². The van der Waals surface area contributed by atoms with Gasteiger partial charge in [0.2, 0.25) is 0 Å². The first-order valence-electron chi connectivity index (χ1n) is 4.69. The lowest BCUT2D eigenvalue weighted by Crippen LogP contribution is -2.11. The number of nitrogens with zero attached hydrogens (tertiary/aromatic N) is 1. The number of anilines is 1. The number of hydrogen-bond donors (Lipinski definition) is 1.